The first kappa shape index (κ1) is 17.2. The van der Waals surface area contributed by atoms with Gasteiger partial charge in [-0.05, 0) is 29.8 Å². The normalized spacial score (nSPS) is 19.4. The molecule has 0 radical (unpaired) electrons. The number of Topliss-reactive ketones (excluding diaryl/α,β-unsaturated/α-hetero) is 1. The van der Waals surface area contributed by atoms with Crippen molar-refractivity contribution < 1.29 is 19.8 Å². The highest BCUT2D eigenvalue weighted by atomic mass is 35.5. The lowest BCUT2D eigenvalue weighted by atomic mass is 9.95. The van der Waals surface area contributed by atoms with Crippen LogP contribution in [0.15, 0.2) is 60.2 Å². The number of carbonyl (C=O) groups excluding carboxylic acids is 2. The van der Waals surface area contributed by atoms with E-state index in [1.54, 1.807) is 48.5 Å². The molecule has 0 saturated carbocycles. The van der Waals surface area contributed by atoms with Crippen LogP contribution in [0.4, 0.5) is 0 Å². The molecule has 1 aliphatic heterocycles. The monoisotopic (exact) mass is 357 g/mol. The van der Waals surface area contributed by atoms with Crippen molar-refractivity contribution in [2.24, 2.45) is 0 Å². The van der Waals surface area contributed by atoms with E-state index >= 15 is 0 Å². The third-order valence-corrected chi connectivity index (χ3v) is 4.37. The molecule has 1 saturated heterocycles. The fourth-order valence-electron chi connectivity index (χ4n) is 2.96. The second-order valence-electron chi connectivity index (χ2n) is 5.63. The van der Waals surface area contributed by atoms with Gasteiger partial charge in [0, 0.05) is 17.1 Å². The minimum absolute atomic E-state index is 0.00152. The number of benzene rings is 2. The molecule has 0 unspecified atom stereocenters. The second kappa shape index (κ2) is 7.09. The van der Waals surface area contributed by atoms with Gasteiger partial charge >= 0.3 is 0 Å². The number of halogens is 1. The van der Waals surface area contributed by atoms with Gasteiger partial charge in [0.05, 0.1) is 18.2 Å². The summed E-state index contributed by atoms with van der Waals surface area (Å²) in [6, 6.07) is 14.6. The Labute approximate surface area is 149 Å². The predicted molar refractivity (Wildman–Crippen MR) is 94.0 cm³/mol. The number of nitrogens with zero attached hydrogens (tertiary/aromatic N) is 1. The molecule has 1 aliphatic rings. The SMILES string of the molecule is O=C1C(=O)N(CCO)[C@H](c2ccccc2)C1=C(O)c1ccc(Cl)cc1. The van der Waals surface area contributed by atoms with Crippen LogP contribution >= 0.6 is 11.6 Å². The van der Waals surface area contributed by atoms with Crippen molar-refractivity contribution in [2.45, 2.75) is 6.04 Å². The standard InChI is InChI=1S/C19H16ClNO4/c20-14-8-6-13(7-9-14)17(23)15-16(12-4-2-1-3-5-12)21(10-11-22)19(25)18(15)24/h1-9,16,22-23H,10-11H2/t16-/m1/s1. The highest BCUT2D eigenvalue weighted by Gasteiger charge is 2.45. The highest BCUT2D eigenvalue weighted by Crippen LogP contribution is 2.39. The smallest absolute Gasteiger partial charge is 0.295 e. The van der Waals surface area contributed by atoms with Gasteiger partial charge in [0.2, 0.25) is 0 Å². The molecular formula is C19H16ClNO4. The zero-order valence-corrected chi connectivity index (χ0v) is 14.0. The Morgan fingerprint density at radius 1 is 1.04 bits per heavy atom. The lowest BCUT2D eigenvalue weighted by Crippen LogP contribution is -2.32. The van der Waals surface area contributed by atoms with E-state index in [2.05, 4.69) is 0 Å². The van der Waals surface area contributed by atoms with Crippen molar-refractivity contribution in [3.8, 4) is 0 Å². The van der Waals surface area contributed by atoms with Crippen molar-refractivity contribution in [1.82, 2.24) is 4.90 Å². The molecule has 5 nitrogen and oxygen atoms in total. The maximum atomic E-state index is 12.5. The van der Waals surface area contributed by atoms with Crippen LogP contribution in [0.2, 0.25) is 5.02 Å². The van der Waals surface area contributed by atoms with Crippen LogP contribution in [0.3, 0.4) is 0 Å². The van der Waals surface area contributed by atoms with Crippen molar-refractivity contribution in [3.63, 3.8) is 0 Å². The van der Waals surface area contributed by atoms with Crippen LogP contribution in [0.5, 0.6) is 0 Å². The fraction of sp³-hybridized carbons (Fsp3) is 0.158. The number of likely N-dealkylation sites (tertiary alicyclic amines) is 1. The van der Waals surface area contributed by atoms with Crippen LogP contribution in [-0.4, -0.2) is 40.0 Å². The molecule has 0 aliphatic carbocycles. The molecule has 25 heavy (non-hydrogen) atoms. The lowest BCUT2D eigenvalue weighted by molar-refractivity contribution is -0.140. The quantitative estimate of drug-likeness (QED) is 0.501. The molecule has 1 atom stereocenters. The largest absolute Gasteiger partial charge is 0.507 e. The van der Waals surface area contributed by atoms with Gasteiger partial charge in [-0.2, -0.15) is 0 Å². The van der Waals surface area contributed by atoms with E-state index in [-0.39, 0.29) is 24.5 Å². The number of aliphatic hydroxyl groups is 2. The molecule has 2 N–H and O–H groups in total. The van der Waals surface area contributed by atoms with E-state index in [1.807, 2.05) is 6.07 Å². The summed E-state index contributed by atoms with van der Waals surface area (Å²) in [6.45, 7) is -0.279. The Hall–Kier alpha value is -2.63. The van der Waals surface area contributed by atoms with Crippen LogP contribution in [0, 0.1) is 0 Å². The molecule has 0 bridgehead atoms. The molecule has 0 spiro atoms. The summed E-state index contributed by atoms with van der Waals surface area (Å²) in [5, 5.41) is 20.5. The van der Waals surface area contributed by atoms with E-state index in [1.165, 1.54) is 4.90 Å². The van der Waals surface area contributed by atoms with Gasteiger partial charge in [-0.25, -0.2) is 0 Å². The van der Waals surface area contributed by atoms with E-state index in [9.17, 15) is 19.8 Å². The van der Waals surface area contributed by atoms with Crippen molar-refractivity contribution in [3.05, 3.63) is 76.3 Å². The number of ketones is 1. The predicted octanol–water partition coefficient (Wildman–Crippen LogP) is 2.75. The van der Waals surface area contributed by atoms with Crippen molar-refractivity contribution in [1.29, 1.82) is 0 Å². The third kappa shape index (κ3) is 3.16. The maximum absolute atomic E-state index is 12.5. The molecule has 2 aromatic rings. The van der Waals surface area contributed by atoms with Gasteiger partial charge in [0.1, 0.15) is 5.76 Å². The van der Waals surface area contributed by atoms with Crippen molar-refractivity contribution >= 4 is 29.1 Å². The number of hydrogen-bond donors (Lipinski definition) is 2. The Bertz CT molecular complexity index is 830. The first-order valence-electron chi connectivity index (χ1n) is 7.74. The summed E-state index contributed by atoms with van der Waals surface area (Å²) < 4.78 is 0. The van der Waals surface area contributed by atoms with Crippen LogP contribution < -0.4 is 0 Å². The molecule has 1 fully saturated rings. The van der Waals surface area contributed by atoms with E-state index in [4.69, 9.17) is 11.6 Å². The zero-order valence-electron chi connectivity index (χ0n) is 13.2. The Kier molecular flexibility index (Phi) is 4.88. The van der Waals surface area contributed by atoms with Gasteiger partial charge < -0.3 is 15.1 Å². The Balaban J connectivity index is 2.17. The number of hydrogen-bond acceptors (Lipinski definition) is 4. The van der Waals surface area contributed by atoms with Gasteiger partial charge in [-0.3, -0.25) is 9.59 Å². The summed E-state index contributed by atoms with van der Waals surface area (Å²) in [4.78, 5) is 26.2. The van der Waals surface area contributed by atoms with Crippen LogP contribution in [0.25, 0.3) is 5.76 Å². The van der Waals surface area contributed by atoms with Crippen LogP contribution in [-0.2, 0) is 9.59 Å². The third-order valence-electron chi connectivity index (χ3n) is 4.11. The van der Waals surface area contributed by atoms with Gasteiger partial charge in [0.25, 0.3) is 11.7 Å². The van der Waals surface area contributed by atoms with Crippen LogP contribution in [0.1, 0.15) is 17.2 Å². The average Bonchev–Trinajstić information content (AvgIpc) is 2.88. The summed E-state index contributed by atoms with van der Waals surface area (Å²) >= 11 is 5.86. The topological polar surface area (TPSA) is 77.8 Å². The van der Waals surface area contributed by atoms with E-state index in [0.717, 1.165) is 0 Å². The number of β-amino-alcohol motifs (C(OH)–C–C–N with tert-alkyl or cyclic N) is 1. The average molecular weight is 358 g/mol. The minimum atomic E-state index is -0.769. The second-order valence-corrected chi connectivity index (χ2v) is 6.07. The maximum Gasteiger partial charge on any atom is 0.295 e. The first-order valence-corrected chi connectivity index (χ1v) is 8.12. The summed E-state index contributed by atoms with van der Waals surface area (Å²) in [6.07, 6.45) is 0. The molecule has 128 valence electrons. The van der Waals surface area contributed by atoms with Gasteiger partial charge in [-0.15, -0.1) is 0 Å². The summed E-state index contributed by atoms with van der Waals surface area (Å²) in [7, 11) is 0. The fourth-order valence-corrected chi connectivity index (χ4v) is 3.09. The minimum Gasteiger partial charge on any atom is -0.507 e. The zero-order chi connectivity index (χ0) is 18.0. The molecular weight excluding hydrogens is 342 g/mol. The number of carbonyl (C=O) groups is 2. The molecule has 6 heteroatoms. The first-order chi connectivity index (χ1) is 12.0. The lowest BCUT2D eigenvalue weighted by Gasteiger charge is -2.24. The number of rotatable bonds is 4. The molecule has 2 aromatic carbocycles. The van der Waals surface area contributed by atoms with Crippen molar-refractivity contribution in [2.75, 3.05) is 13.2 Å². The Morgan fingerprint density at radius 3 is 2.28 bits per heavy atom. The van der Waals surface area contributed by atoms with Gasteiger partial charge in [0.15, 0.2) is 0 Å². The van der Waals surface area contributed by atoms with E-state index in [0.29, 0.717) is 16.1 Å². The van der Waals surface area contributed by atoms with Gasteiger partial charge in [-0.1, -0.05) is 41.9 Å². The molecule has 0 aromatic heterocycles. The molecule has 3 rings (SSSR count). The summed E-state index contributed by atoms with van der Waals surface area (Å²) in [5.74, 6) is -1.77. The molecule has 1 heterocycles. The Morgan fingerprint density at radius 2 is 1.68 bits per heavy atom. The highest BCUT2D eigenvalue weighted by molar-refractivity contribution is 6.46. The number of amides is 1. The van der Waals surface area contributed by atoms with E-state index < -0.39 is 17.7 Å². The molecule has 1 amide bonds. The number of aliphatic hydroxyl groups excluding tert-OH is 2. The summed E-state index contributed by atoms with van der Waals surface area (Å²) in [5.41, 5.74) is 1.09.